The second kappa shape index (κ2) is 9.15. The molecule has 2 amide bonds. The van der Waals surface area contributed by atoms with Crippen LogP contribution in [0, 0.1) is 5.92 Å². The Kier molecular flexibility index (Phi) is 6.90. The monoisotopic (exact) mass is 334 g/mol. The van der Waals surface area contributed by atoms with E-state index in [-0.39, 0.29) is 17.9 Å². The van der Waals surface area contributed by atoms with Crippen LogP contribution in [0.2, 0.25) is 0 Å². The van der Waals surface area contributed by atoms with Gasteiger partial charge in [-0.15, -0.1) is 0 Å². The average Bonchev–Trinajstić information content (AvgIpc) is 2.61. The van der Waals surface area contributed by atoms with Crippen LogP contribution >= 0.6 is 0 Å². The van der Waals surface area contributed by atoms with Crippen molar-refractivity contribution in [2.24, 2.45) is 5.92 Å². The first kappa shape index (κ1) is 18.1. The molecule has 1 fully saturated rings. The third-order valence-corrected chi connectivity index (χ3v) is 4.01. The molecule has 1 aromatic rings. The van der Waals surface area contributed by atoms with Crippen LogP contribution in [0.15, 0.2) is 24.3 Å². The fourth-order valence-corrected chi connectivity index (χ4v) is 2.77. The first-order chi connectivity index (χ1) is 11.6. The third-order valence-electron chi connectivity index (χ3n) is 4.01. The van der Waals surface area contributed by atoms with Crippen molar-refractivity contribution >= 4 is 12.0 Å². The smallest absolute Gasteiger partial charge is 0.317 e. The maximum absolute atomic E-state index is 12.3. The van der Waals surface area contributed by atoms with Gasteiger partial charge in [0.05, 0.1) is 19.1 Å². The minimum atomic E-state index is -0.213. The Morgan fingerprint density at radius 2 is 1.96 bits per heavy atom. The van der Waals surface area contributed by atoms with Crippen LogP contribution in [-0.2, 0) is 16.1 Å². The summed E-state index contributed by atoms with van der Waals surface area (Å²) in [5.74, 6) is 0.400. The van der Waals surface area contributed by atoms with Crippen molar-refractivity contribution in [2.45, 2.75) is 33.2 Å². The number of carbonyl (C=O) groups is 2. The maximum Gasteiger partial charge on any atom is 0.317 e. The highest BCUT2D eigenvalue weighted by molar-refractivity contribution is 5.77. The van der Waals surface area contributed by atoms with E-state index >= 15 is 0 Å². The van der Waals surface area contributed by atoms with Gasteiger partial charge in [-0.3, -0.25) is 4.79 Å². The largest absolute Gasteiger partial charge is 0.494 e. The number of ether oxygens (including phenoxy) is 2. The average molecular weight is 334 g/mol. The van der Waals surface area contributed by atoms with Gasteiger partial charge >= 0.3 is 12.0 Å². The number of likely N-dealkylation sites (tertiary alicyclic amines) is 1. The van der Waals surface area contributed by atoms with E-state index in [1.54, 1.807) is 11.8 Å². The molecule has 0 aliphatic carbocycles. The number of esters is 1. The molecule has 2 rings (SSSR count). The Morgan fingerprint density at radius 1 is 1.21 bits per heavy atom. The highest BCUT2D eigenvalue weighted by Gasteiger charge is 2.29. The van der Waals surface area contributed by atoms with E-state index in [1.165, 1.54) is 0 Å². The van der Waals surface area contributed by atoms with E-state index in [1.807, 2.05) is 31.2 Å². The molecule has 6 heteroatoms. The minimum Gasteiger partial charge on any atom is -0.494 e. The van der Waals surface area contributed by atoms with Gasteiger partial charge in [0, 0.05) is 19.6 Å². The Balaban J connectivity index is 1.82. The lowest BCUT2D eigenvalue weighted by Gasteiger charge is -2.31. The van der Waals surface area contributed by atoms with E-state index in [2.05, 4.69) is 5.32 Å². The van der Waals surface area contributed by atoms with Crippen LogP contribution in [-0.4, -0.2) is 43.2 Å². The van der Waals surface area contributed by atoms with Crippen LogP contribution in [0.5, 0.6) is 5.75 Å². The Morgan fingerprint density at radius 3 is 2.62 bits per heavy atom. The van der Waals surface area contributed by atoms with Gasteiger partial charge in [-0.05, 0) is 44.4 Å². The molecule has 1 aromatic carbocycles. The fourth-order valence-electron chi connectivity index (χ4n) is 2.77. The van der Waals surface area contributed by atoms with Gasteiger partial charge in [-0.25, -0.2) is 4.79 Å². The molecule has 1 atom stereocenters. The number of nitrogens with zero attached hydrogens (tertiary/aromatic N) is 1. The van der Waals surface area contributed by atoms with Crippen LogP contribution < -0.4 is 10.1 Å². The number of benzene rings is 1. The Labute approximate surface area is 143 Å². The Hall–Kier alpha value is -2.24. The topological polar surface area (TPSA) is 67.9 Å². The van der Waals surface area contributed by atoms with Crippen molar-refractivity contribution in [3.05, 3.63) is 29.8 Å². The van der Waals surface area contributed by atoms with E-state index in [0.29, 0.717) is 32.8 Å². The molecule has 1 aliphatic rings. The molecule has 1 N–H and O–H groups in total. The number of hydrogen-bond donors (Lipinski definition) is 1. The number of urea groups is 1. The van der Waals surface area contributed by atoms with Gasteiger partial charge in [0.1, 0.15) is 5.75 Å². The molecular formula is C18H26N2O4. The number of amides is 2. The zero-order valence-corrected chi connectivity index (χ0v) is 14.4. The maximum atomic E-state index is 12.3. The number of rotatable bonds is 6. The van der Waals surface area contributed by atoms with Crippen molar-refractivity contribution in [1.82, 2.24) is 10.2 Å². The predicted molar refractivity (Wildman–Crippen MR) is 90.8 cm³/mol. The van der Waals surface area contributed by atoms with Gasteiger partial charge in [-0.1, -0.05) is 12.1 Å². The normalized spacial score (nSPS) is 17.2. The molecule has 0 bridgehead atoms. The molecule has 0 radical (unpaired) electrons. The van der Waals surface area contributed by atoms with E-state index in [0.717, 1.165) is 24.2 Å². The second-order valence-electron chi connectivity index (χ2n) is 5.77. The molecule has 1 unspecified atom stereocenters. The van der Waals surface area contributed by atoms with Gasteiger partial charge < -0.3 is 19.7 Å². The molecule has 132 valence electrons. The highest BCUT2D eigenvalue weighted by Crippen LogP contribution is 2.18. The lowest BCUT2D eigenvalue weighted by atomic mass is 9.98. The molecule has 1 aliphatic heterocycles. The van der Waals surface area contributed by atoms with E-state index < -0.39 is 0 Å². The molecule has 0 saturated carbocycles. The predicted octanol–water partition coefficient (Wildman–Crippen LogP) is 2.57. The minimum absolute atomic E-state index is 0.141. The number of piperidine rings is 1. The van der Waals surface area contributed by atoms with Crippen molar-refractivity contribution < 1.29 is 19.1 Å². The van der Waals surface area contributed by atoms with Crippen LogP contribution in [0.4, 0.5) is 4.79 Å². The standard InChI is InChI=1S/C18H26N2O4/c1-3-23-16-9-7-14(8-10-16)12-19-18(22)20-11-5-6-15(13-20)17(21)24-4-2/h7-10,15H,3-6,11-13H2,1-2H3,(H,19,22). The summed E-state index contributed by atoms with van der Waals surface area (Å²) in [6, 6.07) is 7.51. The van der Waals surface area contributed by atoms with Crippen LogP contribution in [0.3, 0.4) is 0 Å². The summed E-state index contributed by atoms with van der Waals surface area (Å²) in [7, 11) is 0. The zero-order chi connectivity index (χ0) is 17.4. The highest BCUT2D eigenvalue weighted by atomic mass is 16.5. The van der Waals surface area contributed by atoms with Gasteiger partial charge in [0.25, 0.3) is 0 Å². The van der Waals surface area contributed by atoms with Crippen molar-refractivity contribution in [3.63, 3.8) is 0 Å². The lowest BCUT2D eigenvalue weighted by molar-refractivity contribution is -0.149. The van der Waals surface area contributed by atoms with Crippen LogP contribution in [0.25, 0.3) is 0 Å². The summed E-state index contributed by atoms with van der Waals surface area (Å²) in [5.41, 5.74) is 1.01. The third kappa shape index (κ3) is 5.15. The van der Waals surface area contributed by atoms with Gasteiger partial charge in [0.2, 0.25) is 0 Å². The molecular weight excluding hydrogens is 308 g/mol. The van der Waals surface area contributed by atoms with Gasteiger partial charge in [-0.2, -0.15) is 0 Å². The first-order valence-corrected chi connectivity index (χ1v) is 8.55. The van der Waals surface area contributed by atoms with Crippen LogP contribution in [0.1, 0.15) is 32.3 Å². The summed E-state index contributed by atoms with van der Waals surface area (Å²) >= 11 is 0. The number of hydrogen-bond acceptors (Lipinski definition) is 4. The van der Waals surface area contributed by atoms with E-state index in [4.69, 9.17) is 9.47 Å². The quantitative estimate of drug-likeness (QED) is 0.812. The summed E-state index contributed by atoms with van der Waals surface area (Å²) in [6.45, 7) is 6.29. The first-order valence-electron chi connectivity index (χ1n) is 8.55. The number of nitrogens with one attached hydrogen (secondary N) is 1. The van der Waals surface area contributed by atoms with E-state index in [9.17, 15) is 9.59 Å². The van der Waals surface area contributed by atoms with Crippen molar-refractivity contribution in [1.29, 1.82) is 0 Å². The second-order valence-corrected chi connectivity index (χ2v) is 5.77. The van der Waals surface area contributed by atoms with Crippen molar-refractivity contribution in [3.8, 4) is 5.75 Å². The molecule has 0 spiro atoms. The lowest BCUT2D eigenvalue weighted by Crippen LogP contribution is -2.47. The number of carbonyl (C=O) groups excluding carboxylic acids is 2. The summed E-state index contributed by atoms with van der Waals surface area (Å²) in [5, 5.41) is 2.91. The van der Waals surface area contributed by atoms with Gasteiger partial charge in [0.15, 0.2) is 0 Å². The molecule has 1 saturated heterocycles. The molecule has 6 nitrogen and oxygen atoms in total. The summed E-state index contributed by atoms with van der Waals surface area (Å²) in [4.78, 5) is 25.8. The zero-order valence-electron chi connectivity index (χ0n) is 14.4. The molecule has 0 aromatic heterocycles. The molecule has 24 heavy (non-hydrogen) atoms. The van der Waals surface area contributed by atoms with Crippen molar-refractivity contribution in [2.75, 3.05) is 26.3 Å². The SMILES string of the molecule is CCOC(=O)C1CCCN(C(=O)NCc2ccc(OCC)cc2)C1. The molecule has 1 heterocycles. The summed E-state index contributed by atoms with van der Waals surface area (Å²) < 4.78 is 10.5. The Bertz CT molecular complexity index is 544. The summed E-state index contributed by atoms with van der Waals surface area (Å²) in [6.07, 6.45) is 1.60. The fraction of sp³-hybridized carbons (Fsp3) is 0.556.